The largest absolute Gasteiger partial charge is 0.495 e. The van der Waals surface area contributed by atoms with Crippen molar-refractivity contribution in [1.82, 2.24) is 9.78 Å². The summed E-state index contributed by atoms with van der Waals surface area (Å²) in [5.41, 5.74) is 2.41. The number of hydrogen-bond acceptors (Lipinski definition) is 3. The number of rotatable bonds is 5. The number of nitrogens with zero attached hydrogens (tertiary/aromatic N) is 2. The number of nitrogens with one attached hydrogen (secondary N) is 2. The van der Waals surface area contributed by atoms with E-state index in [0.717, 1.165) is 11.3 Å². The number of ether oxygens (including phenoxy) is 1. The van der Waals surface area contributed by atoms with Gasteiger partial charge in [-0.15, -0.1) is 0 Å². The molecule has 0 saturated heterocycles. The van der Waals surface area contributed by atoms with E-state index in [4.69, 9.17) is 51.8 Å². The van der Waals surface area contributed by atoms with Gasteiger partial charge in [0.2, 0.25) is 0 Å². The van der Waals surface area contributed by atoms with E-state index in [0.29, 0.717) is 38.2 Å². The van der Waals surface area contributed by atoms with Crippen LogP contribution < -0.4 is 15.4 Å². The fourth-order valence-electron chi connectivity index (χ4n) is 2.40. The lowest BCUT2D eigenvalue weighted by atomic mass is 10.2. The molecule has 0 aliphatic carbocycles. The van der Waals surface area contributed by atoms with Crippen LogP contribution >= 0.6 is 47.0 Å². The number of halogens is 3. The zero-order chi connectivity index (χ0) is 19.4. The minimum absolute atomic E-state index is 0.393. The SMILES string of the molecule is COc1ccc(Cl)cc1NC(=S)Nc1cnn(Cc2ccc(Cl)c(Cl)c2)c1. The molecule has 1 aromatic heterocycles. The Morgan fingerprint density at radius 1 is 1.11 bits per heavy atom. The van der Waals surface area contributed by atoms with Crippen LogP contribution in [0.2, 0.25) is 15.1 Å². The van der Waals surface area contributed by atoms with Gasteiger partial charge in [0.05, 0.1) is 41.3 Å². The number of hydrogen-bond donors (Lipinski definition) is 2. The summed E-state index contributed by atoms with van der Waals surface area (Å²) in [6, 6.07) is 10.7. The van der Waals surface area contributed by atoms with Crippen LogP contribution in [0.3, 0.4) is 0 Å². The normalized spacial score (nSPS) is 10.5. The molecule has 140 valence electrons. The first kappa shape index (κ1) is 19.8. The van der Waals surface area contributed by atoms with Gasteiger partial charge in [0, 0.05) is 11.2 Å². The van der Waals surface area contributed by atoms with Gasteiger partial charge in [-0.25, -0.2) is 0 Å². The van der Waals surface area contributed by atoms with Gasteiger partial charge < -0.3 is 15.4 Å². The van der Waals surface area contributed by atoms with Gasteiger partial charge in [0.1, 0.15) is 5.75 Å². The molecule has 2 aromatic carbocycles. The number of anilines is 2. The number of thiocarbonyl (C=S) groups is 1. The molecule has 9 heteroatoms. The van der Waals surface area contributed by atoms with E-state index in [2.05, 4.69) is 15.7 Å². The fraction of sp³-hybridized carbons (Fsp3) is 0.111. The Bertz CT molecular complexity index is 977. The third-order valence-corrected chi connectivity index (χ3v) is 4.81. The first-order valence-electron chi connectivity index (χ1n) is 7.82. The summed E-state index contributed by atoms with van der Waals surface area (Å²) in [6.07, 6.45) is 3.52. The smallest absolute Gasteiger partial charge is 0.175 e. The van der Waals surface area contributed by atoms with Gasteiger partial charge in [-0.2, -0.15) is 5.10 Å². The molecular weight excluding hydrogens is 427 g/mol. The van der Waals surface area contributed by atoms with Crippen molar-refractivity contribution in [3.05, 3.63) is 69.4 Å². The number of benzene rings is 2. The van der Waals surface area contributed by atoms with Gasteiger partial charge in [-0.3, -0.25) is 4.68 Å². The Balaban J connectivity index is 1.64. The Morgan fingerprint density at radius 2 is 1.93 bits per heavy atom. The fourth-order valence-corrected chi connectivity index (χ4v) is 3.12. The highest BCUT2D eigenvalue weighted by Gasteiger charge is 2.08. The minimum atomic E-state index is 0.393. The maximum atomic E-state index is 6.05. The third kappa shape index (κ3) is 5.26. The summed E-state index contributed by atoms with van der Waals surface area (Å²) in [5.74, 6) is 0.638. The summed E-state index contributed by atoms with van der Waals surface area (Å²) < 4.78 is 7.06. The average Bonchev–Trinajstić information content (AvgIpc) is 3.05. The van der Waals surface area contributed by atoms with E-state index >= 15 is 0 Å². The van der Waals surface area contributed by atoms with Crippen LogP contribution in [0.5, 0.6) is 5.75 Å². The second-order valence-corrected chi connectivity index (χ2v) is 7.26. The van der Waals surface area contributed by atoms with E-state index < -0.39 is 0 Å². The van der Waals surface area contributed by atoms with Crippen molar-refractivity contribution in [1.29, 1.82) is 0 Å². The zero-order valence-corrected chi connectivity index (χ0v) is 17.3. The predicted molar refractivity (Wildman–Crippen MR) is 116 cm³/mol. The van der Waals surface area contributed by atoms with Gasteiger partial charge in [-0.1, -0.05) is 40.9 Å². The first-order valence-corrected chi connectivity index (χ1v) is 9.37. The van der Waals surface area contributed by atoms with Crippen molar-refractivity contribution in [2.24, 2.45) is 0 Å². The predicted octanol–water partition coefficient (Wildman–Crippen LogP) is 5.71. The van der Waals surface area contributed by atoms with Crippen molar-refractivity contribution < 1.29 is 4.74 Å². The third-order valence-electron chi connectivity index (χ3n) is 3.63. The summed E-state index contributed by atoms with van der Waals surface area (Å²) in [5, 5.41) is 12.5. The second-order valence-electron chi connectivity index (χ2n) is 5.60. The lowest BCUT2D eigenvalue weighted by Gasteiger charge is -2.12. The molecule has 0 amide bonds. The van der Waals surface area contributed by atoms with E-state index in [1.54, 1.807) is 42.3 Å². The zero-order valence-electron chi connectivity index (χ0n) is 14.2. The van der Waals surface area contributed by atoms with Gasteiger partial charge in [0.15, 0.2) is 5.11 Å². The quantitative estimate of drug-likeness (QED) is 0.497. The number of methoxy groups -OCH3 is 1. The molecule has 3 aromatic rings. The highest BCUT2D eigenvalue weighted by molar-refractivity contribution is 7.80. The molecule has 1 heterocycles. The van der Waals surface area contributed by atoms with Crippen LogP contribution in [0.4, 0.5) is 11.4 Å². The molecule has 27 heavy (non-hydrogen) atoms. The van der Waals surface area contributed by atoms with Crippen molar-refractivity contribution in [3.63, 3.8) is 0 Å². The maximum absolute atomic E-state index is 6.05. The Kier molecular flexibility index (Phi) is 6.44. The lowest BCUT2D eigenvalue weighted by Crippen LogP contribution is -2.19. The molecule has 0 radical (unpaired) electrons. The molecule has 0 spiro atoms. The molecule has 0 bridgehead atoms. The Labute approximate surface area is 177 Å². The maximum Gasteiger partial charge on any atom is 0.175 e. The minimum Gasteiger partial charge on any atom is -0.495 e. The average molecular weight is 442 g/mol. The van der Waals surface area contributed by atoms with Crippen LogP contribution in [0, 0.1) is 0 Å². The molecule has 5 nitrogen and oxygen atoms in total. The van der Waals surface area contributed by atoms with Crippen molar-refractivity contribution in [2.45, 2.75) is 6.54 Å². The Hall–Kier alpha value is -1.99. The highest BCUT2D eigenvalue weighted by Crippen LogP contribution is 2.28. The van der Waals surface area contributed by atoms with E-state index in [1.807, 2.05) is 18.3 Å². The van der Waals surface area contributed by atoms with Gasteiger partial charge in [-0.05, 0) is 48.1 Å². The van der Waals surface area contributed by atoms with Crippen molar-refractivity contribution in [3.8, 4) is 5.75 Å². The lowest BCUT2D eigenvalue weighted by molar-refractivity contribution is 0.417. The standard InChI is InChI=1S/C18H15Cl3N4OS/c1-26-17-5-3-12(19)7-16(17)24-18(27)23-13-8-22-25(10-13)9-11-2-4-14(20)15(21)6-11/h2-8,10H,9H2,1H3,(H2,23,24,27). The van der Waals surface area contributed by atoms with Crippen LogP contribution in [0.15, 0.2) is 48.8 Å². The molecule has 0 atom stereocenters. The van der Waals surface area contributed by atoms with Gasteiger partial charge >= 0.3 is 0 Å². The highest BCUT2D eigenvalue weighted by atomic mass is 35.5. The van der Waals surface area contributed by atoms with Crippen LogP contribution in [-0.4, -0.2) is 22.0 Å². The van der Waals surface area contributed by atoms with E-state index in [9.17, 15) is 0 Å². The van der Waals surface area contributed by atoms with Crippen LogP contribution in [0.25, 0.3) is 0 Å². The van der Waals surface area contributed by atoms with E-state index in [1.165, 1.54) is 0 Å². The Morgan fingerprint density at radius 3 is 2.67 bits per heavy atom. The van der Waals surface area contributed by atoms with Crippen molar-refractivity contribution >= 4 is 63.5 Å². The molecule has 0 aliphatic rings. The molecule has 0 aliphatic heterocycles. The monoisotopic (exact) mass is 440 g/mol. The summed E-state index contributed by atoms with van der Waals surface area (Å²) in [4.78, 5) is 0. The topological polar surface area (TPSA) is 51.1 Å². The molecule has 0 unspecified atom stereocenters. The van der Waals surface area contributed by atoms with E-state index in [-0.39, 0.29) is 0 Å². The molecule has 0 fully saturated rings. The molecular formula is C18H15Cl3N4OS. The van der Waals surface area contributed by atoms with Crippen LogP contribution in [0.1, 0.15) is 5.56 Å². The summed E-state index contributed by atoms with van der Waals surface area (Å²) >= 11 is 23.4. The number of aromatic nitrogens is 2. The molecule has 0 saturated carbocycles. The summed E-state index contributed by atoms with van der Waals surface area (Å²) in [6.45, 7) is 0.556. The molecule has 2 N–H and O–H groups in total. The second kappa shape index (κ2) is 8.80. The van der Waals surface area contributed by atoms with Crippen LogP contribution in [-0.2, 0) is 6.54 Å². The first-order chi connectivity index (χ1) is 12.9. The van der Waals surface area contributed by atoms with Gasteiger partial charge in [0.25, 0.3) is 0 Å². The molecule has 3 rings (SSSR count). The van der Waals surface area contributed by atoms with Crippen molar-refractivity contribution in [2.75, 3.05) is 17.7 Å². The summed E-state index contributed by atoms with van der Waals surface area (Å²) in [7, 11) is 1.58.